The first-order valence-electron chi connectivity index (χ1n) is 9.14. The van der Waals surface area contributed by atoms with Crippen LogP contribution in [0.15, 0.2) is 0 Å². The Hall–Kier alpha value is -1.43. The molecular formula is C19H29N3O2S. The van der Waals surface area contributed by atoms with E-state index in [-0.39, 0.29) is 22.6 Å². The van der Waals surface area contributed by atoms with E-state index >= 15 is 0 Å². The lowest BCUT2D eigenvalue weighted by Gasteiger charge is -2.41. The highest BCUT2D eigenvalue weighted by molar-refractivity contribution is 7.13. The van der Waals surface area contributed by atoms with Gasteiger partial charge in [-0.05, 0) is 38.5 Å². The summed E-state index contributed by atoms with van der Waals surface area (Å²) in [7, 11) is 0. The zero-order valence-corrected chi connectivity index (χ0v) is 16.8. The first kappa shape index (κ1) is 18.4. The molecule has 6 heteroatoms. The molecule has 1 unspecified atom stereocenters. The molecule has 25 heavy (non-hydrogen) atoms. The number of aromatic nitrogens is 1. The van der Waals surface area contributed by atoms with Crippen LogP contribution in [0.1, 0.15) is 60.4 Å². The SMILES string of the molecule is Cc1nc(C)c(C(=O)N2CCC3(CCCN(CC(C)(C)C)C3=O)C2)s1. The summed E-state index contributed by atoms with van der Waals surface area (Å²) >= 11 is 1.46. The molecule has 5 nitrogen and oxygen atoms in total. The molecule has 2 fully saturated rings. The molecule has 0 N–H and O–H groups in total. The van der Waals surface area contributed by atoms with E-state index in [0.717, 1.165) is 47.9 Å². The highest BCUT2D eigenvalue weighted by Crippen LogP contribution is 2.41. The van der Waals surface area contributed by atoms with Crippen LogP contribution in [0, 0.1) is 24.7 Å². The van der Waals surface area contributed by atoms with Crippen LogP contribution in [-0.2, 0) is 4.79 Å². The molecule has 2 aliphatic heterocycles. The minimum atomic E-state index is -0.368. The number of likely N-dealkylation sites (tertiary alicyclic amines) is 2. The van der Waals surface area contributed by atoms with E-state index in [1.165, 1.54) is 11.3 Å². The van der Waals surface area contributed by atoms with Gasteiger partial charge in [-0.2, -0.15) is 0 Å². The molecule has 3 rings (SSSR count). The predicted molar refractivity (Wildman–Crippen MR) is 99.8 cm³/mol. The molecule has 3 heterocycles. The summed E-state index contributed by atoms with van der Waals surface area (Å²) in [4.78, 5) is 35.1. The van der Waals surface area contributed by atoms with Crippen molar-refractivity contribution in [2.24, 2.45) is 10.8 Å². The largest absolute Gasteiger partial charge is 0.342 e. The fourth-order valence-electron chi connectivity index (χ4n) is 4.17. The maximum Gasteiger partial charge on any atom is 0.265 e. The van der Waals surface area contributed by atoms with Gasteiger partial charge in [-0.25, -0.2) is 4.98 Å². The minimum Gasteiger partial charge on any atom is -0.342 e. The van der Waals surface area contributed by atoms with E-state index in [1.807, 2.05) is 23.6 Å². The maximum absolute atomic E-state index is 13.2. The van der Waals surface area contributed by atoms with Crippen molar-refractivity contribution in [2.45, 2.75) is 53.9 Å². The average molecular weight is 364 g/mol. The molecule has 2 amide bonds. The first-order chi connectivity index (χ1) is 11.6. The van der Waals surface area contributed by atoms with E-state index in [4.69, 9.17) is 0 Å². The summed E-state index contributed by atoms with van der Waals surface area (Å²) in [6.45, 7) is 13.2. The van der Waals surface area contributed by atoms with Gasteiger partial charge in [-0.15, -0.1) is 11.3 Å². The molecule has 0 aliphatic carbocycles. The third kappa shape index (κ3) is 3.59. The Labute approximate surface area is 154 Å². The number of aryl methyl sites for hydroxylation is 2. The molecule has 0 saturated carbocycles. The normalized spacial score (nSPS) is 24.4. The monoisotopic (exact) mass is 363 g/mol. The van der Waals surface area contributed by atoms with Crippen molar-refractivity contribution in [3.8, 4) is 0 Å². The van der Waals surface area contributed by atoms with Gasteiger partial charge in [0.2, 0.25) is 5.91 Å². The van der Waals surface area contributed by atoms with Crippen LogP contribution in [0.2, 0.25) is 0 Å². The maximum atomic E-state index is 13.2. The van der Waals surface area contributed by atoms with Crippen LogP contribution >= 0.6 is 11.3 Å². The van der Waals surface area contributed by atoms with Gasteiger partial charge in [0.15, 0.2) is 0 Å². The minimum absolute atomic E-state index is 0.0423. The van der Waals surface area contributed by atoms with Crippen LogP contribution in [0.3, 0.4) is 0 Å². The third-order valence-electron chi connectivity index (χ3n) is 5.23. The Bertz CT molecular complexity index is 691. The molecule has 1 aromatic heterocycles. The number of thiazole rings is 1. The Morgan fingerprint density at radius 2 is 1.96 bits per heavy atom. The van der Waals surface area contributed by atoms with E-state index in [9.17, 15) is 9.59 Å². The number of piperidine rings is 1. The van der Waals surface area contributed by atoms with Gasteiger partial charge in [-0.1, -0.05) is 20.8 Å². The highest BCUT2D eigenvalue weighted by atomic mass is 32.1. The third-order valence-corrected chi connectivity index (χ3v) is 6.29. The van der Waals surface area contributed by atoms with Crippen molar-refractivity contribution < 1.29 is 9.59 Å². The molecule has 138 valence electrons. The van der Waals surface area contributed by atoms with Crippen LogP contribution in [0.25, 0.3) is 0 Å². The number of carbonyl (C=O) groups excluding carboxylic acids is 2. The molecule has 0 aromatic carbocycles. The first-order valence-corrected chi connectivity index (χ1v) is 9.96. The summed E-state index contributed by atoms with van der Waals surface area (Å²) in [5, 5.41) is 0.917. The fraction of sp³-hybridized carbons (Fsp3) is 0.737. The van der Waals surface area contributed by atoms with Gasteiger partial charge in [0, 0.05) is 26.2 Å². The van der Waals surface area contributed by atoms with Gasteiger partial charge < -0.3 is 9.80 Å². The summed E-state index contributed by atoms with van der Waals surface area (Å²) < 4.78 is 0. The average Bonchev–Trinajstić information content (AvgIpc) is 3.07. The number of nitrogens with zero attached hydrogens (tertiary/aromatic N) is 3. The quantitative estimate of drug-likeness (QED) is 0.810. The Morgan fingerprint density at radius 1 is 1.24 bits per heavy atom. The Kier molecular flexibility index (Phi) is 4.69. The molecule has 0 radical (unpaired) electrons. The molecule has 1 atom stereocenters. The van der Waals surface area contributed by atoms with Crippen molar-refractivity contribution in [3.05, 3.63) is 15.6 Å². The van der Waals surface area contributed by atoms with Gasteiger partial charge in [0.25, 0.3) is 5.91 Å². The van der Waals surface area contributed by atoms with Crippen LogP contribution in [0.5, 0.6) is 0 Å². The molecule has 2 saturated heterocycles. The Morgan fingerprint density at radius 3 is 2.56 bits per heavy atom. The van der Waals surface area contributed by atoms with Crippen molar-refractivity contribution in [2.75, 3.05) is 26.2 Å². The van der Waals surface area contributed by atoms with E-state index in [2.05, 4.69) is 25.8 Å². The van der Waals surface area contributed by atoms with Gasteiger partial charge in [0.1, 0.15) is 4.88 Å². The lowest BCUT2D eigenvalue weighted by molar-refractivity contribution is -0.146. The molecule has 0 bridgehead atoms. The van der Waals surface area contributed by atoms with Crippen LogP contribution in [-0.4, -0.2) is 52.8 Å². The number of rotatable bonds is 2. The van der Waals surface area contributed by atoms with E-state index in [0.29, 0.717) is 13.1 Å². The van der Waals surface area contributed by atoms with Crippen LogP contribution < -0.4 is 0 Å². The standard InChI is InChI=1S/C19H29N3O2S/c1-13-15(25-14(2)20-13)16(23)21-10-8-19(12-21)7-6-9-22(17(19)24)11-18(3,4)5/h6-12H2,1-5H3. The van der Waals surface area contributed by atoms with E-state index < -0.39 is 0 Å². The van der Waals surface area contributed by atoms with Crippen molar-refractivity contribution >= 4 is 23.2 Å². The summed E-state index contributed by atoms with van der Waals surface area (Å²) in [6.07, 6.45) is 2.72. The lowest BCUT2D eigenvalue weighted by Crippen LogP contribution is -2.52. The number of hydrogen-bond acceptors (Lipinski definition) is 4. The summed E-state index contributed by atoms with van der Waals surface area (Å²) in [5.74, 6) is 0.293. The van der Waals surface area contributed by atoms with Crippen molar-refractivity contribution in [3.63, 3.8) is 0 Å². The van der Waals surface area contributed by atoms with Gasteiger partial charge in [-0.3, -0.25) is 9.59 Å². The second-order valence-electron chi connectivity index (χ2n) is 8.80. The van der Waals surface area contributed by atoms with Crippen molar-refractivity contribution in [1.82, 2.24) is 14.8 Å². The molecular weight excluding hydrogens is 334 g/mol. The fourth-order valence-corrected chi connectivity index (χ4v) is 5.06. The zero-order chi connectivity index (χ0) is 18.4. The Balaban J connectivity index is 1.75. The predicted octanol–water partition coefficient (Wildman–Crippen LogP) is 3.26. The smallest absolute Gasteiger partial charge is 0.265 e. The second-order valence-corrected chi connectivity index (χ2v) is 10.00. The topological polar surface area (TPSA) is 53.5 Å². The zero-order valence-electron chi connectivity index (χ0n) is 16.0. The number of hydrogen-bond donors (Lipinski definition) is 0. The summed E-state index contributed by atoms with van der Waals surface area (Å²) in [6, 6.07) is 0. The van der Waals surface area contributed by atoms with E-state index in [1.54, 1.807) is 0 Å². The van der Waals surface area contributed by atoms with Crippen LogP contribution in [0.4, 0.5) is 0 Å². The molecule has 2 aliphatic rings. The summed E-state index contributed by atoms with van der Waals surface area (Å²) in [5.41, 5.74) is 0.532. The second kappa shape index (κ2) is 6.38. The highest BCUT2D eigenvalue weighted by Gasteiger charge is 2.50. The van der Waals surface area contributed by atoms with Gasteiger partial charge >= 0.3 is 0 Å². The molecule has 1 spiro atoms. The number of amides is 2. The van der Waals surface area contributed by atoms with Gasteiger partial charge in [0.05, 0.1) is 16.1 Å². The number of carbonyl (C=O) groups is 2. The lowest BCUT2D eigenvalue weighted by atomic mass is 9.77. The molecule has 1 aromatic rings. The van der Waals surface area contributed by atoms with Crippen molar-refractivity contribution in [1.29, 1.82) is 0 Å².